The van der Waals surface area contributed by atoms with Gasteiger partial charge >= 0.3 is 0 Å². The number of rotatable bonds is 1. The van der Waals surface area contributed by atoms with Gasteiger partial charge in [0.1, 0.15) is 6.07 Å². The van der Waals surface area contributed by atoms with Crippen molar-refractivity contribution >= 4 is 31.9 Å². The topological polar surface area (TPSA) is 49.8 Å². The van der Waals surface area contributed by atoms with Gasteiger partial charge in [-0.15, -0.1) is 0 Å². The van der Waals surface area contributed by atoms with Crippen LogP contribution in [0.4, 0.5) is 0 Å². The first-order chi connectivity index (χ1) is 5.69. The van der Waals surface area contributed by atoms with E-state index in [1.54, 1.807) is 0 Å². The average molecular weight is 290 g/mol. The monoisotopic (exact) mass is 288 g/mol. The Bertz CT molecular complexity index is 342. The van der Waals surface area contributed by atoms with Crippen LogP contribution >= 0.6 is 31.9 Å². The van der Waals surface area contributed by atoms with E-state index in [-0.39, 0.29) is 0 Å². The van der Waals surface area contributed by atoms with Crippen molar-refractivity contribution in [2.24, 2.45) is 5.73 Å². The van der Waals surface area contributed by atoms with Crippen LogP contribution in [-0.4, -0.2) is 0 Å². The molecule has 0 unspecified atom stereocenters. The maximum absolute atomic E-state index is 8.77. The van der Waals surface area contributed by atoms with Gasteiger partial charge in [-0.3, -0.25) is 0 Å². The molecule has 62 valence electrons. The molecule has 4 heteroatoms. The van der Waals surface area contributed by atoms with E-state index in [2.05, 4.69) is 37.9 Å². The zero-order valence-corrected chi connectivity index (χ0v) is 9.31. The first-order valence-electron chi connectivity index (χ1n) is 3.27. The molecule has 2 nitrogen and oxygen atoms in total. The van der Waals surface area contributed by atoms with Crippen LogP contribution < -0.4 is 5.73 Å². The second kappa shape index (κ2) is 4.04. The van der Waals surface area contributed by atoms with Gasteiger partial charge in [0.05, 0.1) is 5.56 Å². The van der Waals surface area contributed by atoms with Crippen molar-refractivity contribution < 1.29 is 0 Å². The number of halogens is 2. The molecule has 0 heterocycles. The lowest BCUT2D eigenvalue weighted by Crippen LogP contribution is -2.00. The molecule has 0 aliphatic heterocycles. The van der Waals surface area contributed by atoms with Gasteiger partial charge in [-0.1, -0.05) is 15.9 Å². The SMILES string of the molecule is N#Cc1c(Br)cc(Br)cc1CN. The summed E-state index contributed by atoms with van der Waals surface area (Å²) in [5, 5.41) is 8.77. The second-order valence-electron chi connectivity index (χ2n) is 2.24. The molecule has 0 aliphatic rings. The maximum Gasteiger partial charge on any atom is 0.101 e. The molecule has 1 aromatic rings. The highest BCUT2D eigenvalue weighted by atomic mass is 79.9. The van der Waals surface area contributed by atoms with E-state index in [0.717, 1.165) is 14.5 Å². The van der Waals surface area contributed by atoms with E-state index in [9.17, 15) is 0 Å². The van der Waals surface area contributed by atoms with Crippen LogP contribution in [0.2, 0.25) is 0 Å². The summed E-state index contributed by atoms with van der Waals surface area (Å²) < 4.78 is 1.70. The van der Waals surface area contributed by atoms with Crippen molar-refractivity contribution in [2.45, 2.75) is 6.54 Å². The quantitative estimate of drug-likeness (QED) is 0.864. The number of nitrogens with two attached hydrogens (primary N) is 1. The van der Waals surface area contributed by atoms with Gasteiger partial charge in [0.25, 0.3) is 0 Å². The Morgan fingerprint density at radius 3 is 2.58 bits per heavy atom. The molecule has 0 saturated carbocycles. The third kappa shape index (κ3) is 1.86. The largest absolute Gasteiger partial charge is 0.326 e. The molecule has 0 aliphatic carbocycles. The Morgan fingerprint density at radius 1 is 1.42 bits per heavy atom. The van der Waals surface area contributed by atoms with Gasteiger partial charge in [0.15, 0.2) is 0 Å². The lowest BCUT2D eigenvalue weighted by molar-refractivity contribution is 1.06. The van der Waals surface area contributed by atoms with Crippen LogP contribution in [0.15, 0.2) is 21.1 Å². The molecule has 1 aromatic carbocycles. The van der Waals surface area contributed by atoms with Gasteiger partial charge in [-0.2, -0.15) is 5.26 Å². The standard InChI is InChI=1S/C8H6Br2N2/c9-6-1-5(3-11)7(4-12)8(10)2-6/h1-2H,3,11H2. The summed E-state index contributed by atoms with van der Waals surface area (Å²) in [6, 6.07) is 5.78. The highest BCUT2D eigenvalue weighted by Crippen LogP contribution is 2.25. The molecule has 12 heavy (non-hydrogen) atoms. The molecule has 0 aromatic heterocycles. The fourth-order valence-corrected chi connectivity index (χ4v) is 2.32. The number of hydrogen-bond acceptors (Lipinski definition) is 2. The summed E-state index contributed by atoms with van der Waals surface area (Å²) in [5.74, 6) is 0. The highest BCUT2D eigenvalue weighted by molar-refractivity contribution is 9.11. The van der Waals surface area contributed by atoms with Gasteiger partial charge in [0.2, 0.25) is 0 Å². The van der Waals surface area contributed by atoms with E-state index in [1.807, 2.05) is 12.1 Å². The number of nitriles is 1. The highest BCUT2D eigenvalue weighted by Gasteiger charge is 2.05. The van der Waals surface area contributed by atoms with Crippen molar-refractivity contribution in [2.75, 3.05) is 0 Å². The van der Waals surface area contributed by atoms with Crippen molar-refractivity contribution in [3.8, 4) is 6.07 Å². The second-order valence-corrected chi connectivity index (χ2v) is 4.01. The summed E-state index contributed by atoms with van der Waals surface area (Å²) in [5.41, 5.74) is 6.93. The summed E-state index contributed by atoms with van der Waals surface area (Å²) in [6.45, 7) is 0.376. The van der Waals surface area contributed by atoms with E-state index in [4.69, 9.17) is 11.0 Å². The summed E-state index contributed by atoms with van der Waals surface area (Å²) in [4.78, 5) is 0. The number of hydrogen-bond donors (Lipinski definition) is 1. The van der Waals surface area contributed by atoms with Crippen molar-refractivity contribution in [1.29, 1.82) is 5.26 Å². The van der Waals surface area contributed by atoms with Gasteiger partial charge < -0.3 is 5.73 Å². The maximum atomic E-state index is 8.77. The van der Waals surface area contributed by atoms with Crippen LogP contribution in [0.5, 0.6) is 0 Å². The zero-order valence-electron chi connectivity index (χ0n) is 6.14. The Hall–Kier alpha value is -0.370. The summed E-state index contributed by atoms with van der Waals surface area (Å²) in [6.07, 6.45) is 0. The van der Waals surface area contributed by atoms with Crippen LogP contribution in [0.3, 0.4) is 0 Å². The van der Waals surface area contributed by atoms with E-state index >= 15 is 0 Å². The Balaban J connectivity index is 3.36. The number of benzene rings is 1. The molecule has 0 saturated heterocycles. The zero-order chi connectivity index (χ0) is 9.14. The predicted molar refractivity (Wildman–Crippen MR) is 54.4 cm³/mol. The number of nitrogens with zero attached hydrogens (tertiary/aromatic N) is 1. The molecule has 0 amide bonds. The first-order valence-corrected chi connectivity index (χ1v) is 4.85. The predicted octanol–water partition coefficient (Wildman–Crippen LogP) is 2.54. The van der Waals surface area contributed by atoms with Crippen LogP contribution in [0.1, 0.15) is 11.1 Å². The normalized spacial score (nSPS) is 9.50. The van der Waals surface area contributed by atoms with Gasteiger partial charge in [-0.25, -0.2) is 0 Å². The molecular weight excluding hydrogens is 284 g/mol. The minimum atomic E-state index is 0.376. The van der Waals surface area contributed by atoms with Gasteiger partial charge in [-0.05, 0) is 33.6 Å². The third-order valence-corrected chi connectivity index (χ3v) is 2.55. The fraction of sp³-hybridized carbons (Fsp3) is 0.125. The fourth-order valence-electron chi connectivity index (χ4n) is 0.913. The van der Waals surface area contributed by atoms with E-state index in [1.165, 1.54) is 0 Å². The minimum absolute atomic E-state index is 0.376. The van der Waals surface area contributed by atoms with Crippen molar-refractivity contribution in [3.63, 3.8) is 0 Å². The van der Waals surface area contributed by atoms with Crippen LogP contribution in [0.25, 0.3) is 0 Å². The summed E-state index contributed by atoms with van der Waals surface area (Å²) >= 11 is 6.61. The molecule has 2 N–H and O–H groups in total. The molecule has 0 radical (unpaired) electrons. The van der Waals surface area contributed by atoms with Gasteiger partial charge in [0, 0.05) is 15.5 Å². The van der Waals surface area contributed by atoms with E-state index in [0.29, 0.717) is 12.1 Å². The molecule has 1 rings (SSSR count). The Kier molecular flexibility index (Phi) is 3.27. The first kappa shape index (κ1) is 9.72. The lowest BCUT2D eigenvalue weighted by atomic mass is 10.1. The van der Waals surface area contributed by atoms with Crippen LogP contribution in [0, 0.1) is 11.3 Å². The Labute approximate surface area is 87.6 Å². The summed E-state index contributed by atoms with van der Waals surface area (Å²) in [7, 11) is 0. The van der Waals surface area contributed by atoms with Crippen molar-refractivity contribution in [3.05, 3.63) is 32.2 Å². The Morgan fingerprint density at radius 2 is 2.08 bits per heavy atom. The molecule has 0 atom stereocenters. The van der Waals surface area contributed by atoms with Crippen molar-refractivity contribution in [1.82, 2.24) is 0 Å². The molecule has 0 spiro atoms. The third-order valence-electron chi connectivity index (χ3n) is 1.47. The van der Waals surface area contributed by atoms with E-state index < -0.39 is 0 Å². The molecule has 0 bridgehead atoms. The average Bonchev–Trinajstić information content (AvgIpc) is 2.03. The van der Waals surface area contributed by atoms with Crippen LogP contribution in [-0.2, 0) is 6.54 Å². The lowest BCUT2D eigenvalue weighted by Gasteiger charge is -2.03. The molecular formula is C8H6Br2N2. The molecule has 0 fully saturated rings. The minimum Gasteiger partial charge on any atom is -0.326 e. The smallest absolute Gasteiger partial charge is 0.101 e.